The first-order chi connectivity index (χ1) is 7.13. The van der Waals surface area contributed by atoms with Crippen LogP contribution in [0.4, 0.5) is 4.39 Å². The molecule has 0 aliphatic carbocycles. The maximum atomic E-state index is 13.3. The molecule has 0 radical (unpaired) electrons. The summed E-state index contributed by atoms with van der Waals surface area (Å²) in [5.41, 5.74) is 0.879. The van der Waals surface area contributed by atoms with Crippen molar-refractivity contribution in [3.05, 3.63) is 35.4 Å². The molecule has 1 aromatic heterocycles. The van der Waals surface area contributed by atoms with Crippen molar-refractivity contribution in [2.75, 3.05) is 0 Å². The summed E-state index contributed by atoms with van der Waals surface area (Å²) in [7, 11) is 0. The van der Waals surface area contributed by atoms with E-state index in [1.54, 1.807) is 13.0 Å². The number of phenols is 1. The monoisotopic (exact) mass is 201 g/mol. The molecule has 0 fully saturated rings. The zero-order valence-corrected chi connectivity index (χ0v) is 8.08. The van der Waals surface area contributed by atoms with Crippen molar-refractivity contribution in [2.24, 2.45) is 0 Å². The van der Waals surface area contributed by atoms with Crippen LogP contribution in [0.3, 0.4) is 0 Å². The molecule has 3 heteroatoms. The van der Waals surface area contributed by atoms with Gasteiger partial charge in [-0.15, -0.1) is 6.42 Å². The molecule has 2 rings (SSSR count). The molecule has 1 aromatic carbocycles. The van der Waals surface area contributed by atoms with Gasteiger partial charge < -0.3 is 5.11 Å². The van der Waals surface area contributed by atoms with Crippen LogP contribution in [-0.4, -0.2) is 10.1 Å². The van der Waals surface area contributed by atoms with E-state index in [0.717, 1.165) is 5.56 Å². The number of aromatic nitrogens is 1. The van der Waals surface area contributed by atoms with Gasteiger partial charge in [-0.05, 0) is 24.6 Å². The number of aryl methyl sites for hydroxylation is 1. The number of hydrogen-bond acceptors (Lipinski definition) is 2. The maximum Gasteiger partial charge on any atom is 0.229 e. The number of aromatic hydroxyl groups is 1. The molecule has 2 nitrogen and oxygen atoms in total. The standard InChI is InChI=1S/C12H8FNO/c1-3-10-11-7(2)4-9(15)5-8(11)6-14-12(10)13/h1,4-6,15H,2H3. The van der Waals surface area contributed by atoms with Gasteiger partial charge in [0.2, 0.25) is 5.95 Å². The van der Waals surface area contributed by atoms with Gasteiger partial charge in [0.25, 0.3) is 0 Å². The number of pyridine rings is 1. The molecular weight excluding hydrogens is 193 g/mol. The molecule has 0 saturated carbocycles. The molecule has 74 valence electrons. The Balaban J connectivity index is 3.00. The molecular formula is C12H8FNO. The van der Waals surface area contributed by atoms with Crippen molar-refractivity contribution in [2.45, 2.75) is 6.92 Å². The summed E-state index contributed by atoms with van der Waals surface area (Å²) >= 11 is 0. The van der Waals surface area contributed by atoms with Crippen LogP contribution in [0.2, 0.25) is 0 Å². The summed E-state index contributed by atoms with van der Waals surface area (Å²) in [5.74, 6) is 1.75. The normalized spacial score (nSPS) is 10.2. The fraction of sp³-hybridized carbons (Fsp3) is 0.0833. The van der Waals surface area contributed by atoms with Crippen LogP contribution in [0, 0.1) is 25.2 Å². The molecule has 0 amide bonds. The van der Waals surface area contributed by atoms with Crippen LogP contribution in [0.25, 0.3) is 10.8 Å². The molecule has 0 bridgehead atoms. The number of terminal acetylenes is 1. The first kappa shape index (κ1) is 9.47. The van der Waals surface area contributed by atoms with Crippen LogP contribution >= 0.6 is 0 Å². The van der Waals surface area contributed by atoms with Crippen molar-refractivity contribution in [3.63, 3.8) is 0 Å². The Morgan fingerprint density at radius 3 is 2.87 bits per heavy atom. The smallest absolute Gasteiger partial charge is 0.229 e. The lowest BCUT2D eigenvalue weighted by Crippen LogP contribution is -1.92. The van der Waals surface area contributed by atoms with Crippen molar-refractivity contribution in [1.82, 2.24) is 4.98 Å². The Morgan fingerprint density at radius 2 is 2.20 bits per heavy atom. The molecule has 1 heterocycles. The van der Waals surface area contributed by atoms with Crippen molar-refractivity contribution in [1.29, 1.82) is 0 Å². The van der Waals surface area contributed by atoms with E-state index in [1.165, 1.54) is 12.3 Å². The van der Waals surface area contributed by atoms with E-state index in [0.29, 0.717) is 10.8 Å². The fourth-order valence-electron chi connectivity index (χ4n) is 1.66. The summed E-state index contributed by atoms with van der Waals surface area (Å²) in [5, 5.41) is 10.6. The van der Waals surface area contributed by atoms with Gasteiger partial charge in [0.05, 0.1) is 5.56 Å². The molecule has 2 aromatic rings. The minimum Gasteiger partial charge on any atom is -0.508 e. The summed E-state index contributed by atoms with van der Waals surface area (Å²) in [4.78, 5) is 3.54. The average molecular weight is 201 g/mol. The number of hydrogen-bond donors (Lipinski definition) is 1. The second-order valence-corrected chi connectivity index (χ2v) is 3.30. The molecule has 0 unspecified atom stereocenters. The van der Waals surface area contributed by atoms with Crippen molar-refractivity contribution in [3.8, 4) is 18.1 Å². The second kappa shape index (κ2) is 3.25. The van der Waals surface area contributed by atoms with E-state index >= 15 is 0 Å². The largest absolute Gasteiger partial charge is 0.508 e. The molecule has 0 saturated heterocycles. The third-order valence-corrected chi connectivity index (χ3v) is 2.27. The van der Waals surface area contributed by atoms with Crippen LogP contribution < -0.4 is 0 Å². The summed E-state index contributed by atoms with van der Waals surface area (Å²) in [6, 6.07) is 3.05. The first-order valence-corrected chi connectivity index (χ1v) is 4.38. The van der Waals surface area contributed by atoms with Crippen molar-refractivity contribution >= 4 is 10.8 Å². The number of fused-ring (bicyclic) bond motifs is 1. The van der Waals surface area contributed by atoms with Crippen LogP contribution in [-0.2, 0) is 0 Å². The van der Waals surface area contributed by atoms with E-state index in [-0.39, 0.29) is 11.3 Å². The second-order valence-electron chi connectivity index (χ2n) is 3.30. The van der Waals surface area contributed by atoms with Crippen LogP contribution in [0.1, 0.15) is 11.1 Å². The van der Waals surface area contributed by atoms with Gasteiger partial charge in [-0.2, -0.15) is 4.39 Å². The van der Waals surface area contributed by atoms with Gasteiger partial charge in [-0.3, -0.25) is 0 Å². The molecule has 0 spiro atoms. The molecule has 0 aliphatic heterocycles. The number of benzene rings is 1. The maximum absolute atomic E-state index is 13.3. The molecule has 1 N–H and O–H groups in total. The van der Waals surface area contributed by atoms with Gasteiger partial charge in [0.1, 0.15) is 5.75 Å². The van der Waals surface area contributed by atoms with E-state index in [1.807, 2.05) is 0 Å². The predicted molar refractivity (Wildman–Crippen MR) is 56.0 cm³/mol. The van der Waals surface area contributed by atoms with E-state index < -0.39 is 5.95 Å². The minimum atomic E-state index is -0.654. The molecule has 0 aliphatic rings. The Morgan fingerprint density at radius 1 is 1.47 bits per heavy atom. The number of nitrogens with zero attached hydrogens (tertiary/aromatic N) is 1. The molecule has 0 atom stereocenters. The quantitative estimate of drug-likeness (QED) is 0.524. The van der Waals surface area contributed by atoms with E-state index in [9.17, 15) is 9.50 Å². The number of halogens is 1. The lowest BCUT2D eigenvalue weighted by atomic mass is 10.0. The lowest BCUT2D eigenvalue weighted by molar-refractivity contribution is 0.475. The van der Waals surface area contributed by atoms with E-state index in [4.69, 9.17) is 6.42 Å². The van der Waals surface area contributed by atoms with Crippen LogP contribution in [0.15, 0.2) is 18.3 Å². The van der Waals surface area contributed by atoms with Crippen LogP contribution in [0.5, 0.6) is 5.75 Å². The third-order valence-electron chi connectivity index (χ3n) is 2.27. The van der Waals surface area contributed by atoms with Gasteiger partial charge in [-0.1, -0.05) is 5.92 Å². The zero-order valence-electron chi connectivity index (χ0n) is 8.08. The van der Waals surface area contributed by atoms with Crippen molar-refractivity contribution < 1.29 is 9.50 Å². The average Bonchev–Trinajstić information content (AvgIpc) is 2.18. The first-order valence-electron chi connectivity index (χ1n) is 4.38. The third kappa shape index (κ3) is 1.40. The highest BCUT2D eigenvalue weighted by Gasteiger charge is 2.09. The summed E-state index contributed by atoms with van der Waals surface area (Å²) < 4.78 is 13.3. The molecule has 15 heavy (non-hydrogen) atoms. The van der Waals surface area contributed by atoms with Gasteiger partial charge in [0.15, 0.2) is 0 Å². The Kier molecular flexibility index (Phi) is 2.05. The Labute approximate surface area is 86.4 Å². The number of rotatable bonds is 0. The minimum absolute atomic E-state index is 0.122. The highest BCUT2D eigenvalue weighted by Crippen LogP contribution is 2.27. The fourth-order valence-corrected chi connectivity index (χ4v) is 1.66. The van der Waals surface area contributed by atoms with E-state index in [2.05, 4.69) is 10.9 Å². The van der Waals surface area contributed by atoms with Gasteiger partial charge in [0, 0.05) is 17.0 Å². The highest BCUT2D eigenvalue weighted by molar-refractivity contribution is 5.91. The van der Waals surface area contributed by atoms with Gasteiger partial charge >= 0.3 is 0 Å². The summed E-state index contributed by atoms with van der Waals surface area (Å²) in [6.45, 7) is 1.77. The Bertz CT molecular complexity index is 584. The zero-order chi connectivity index (χ0) is 11.0. The number of phenolic OH excluding ortho intramolecular Hbond substituents is 1. The lowest BCUT2D eigenvalue weighted by Gasteiger charge is -2.06. The predicted octanol–water partition coefficient (Wildman–Crippen LogP) is 2.37. The SMILES string of the molecule is C#Cc1c(F)ncc2cc(O)cc(C)c12. The Hall–Kier alpha value is -2.08. The van der Waals surface area contributed by atoms with Gasteiger partial charge in [-0.25, -0.2) is 4.98 Å². The topological polar surface area (TPSA) is 33.1 Å². The summed E-state index contributed by atoms with van der Waals surface area (Å²) in [6.07, 6.45) is 6.59. The highest BCUT2D eigenvalue weighted by atomic mass is 19.1.